The number of rotatable bonds is 11. The Hall–Kier alpha value is -1.32. The minimum absolute atomic E-state index is 0.0977. The van der Waals surface area contributed by atoms with Crippen LogP contribution >= 0.6 is 0 Å². The Kier molecular flexibility index (Phi) is 11.9. The molecule has 0 aliphatic carbocycles. The molecule has 4 heteroatoms. The average molecular weight is 284 g/mol. The maximum Gasteiger partial charge on any atom is 0.306 e. The van der Waals surface area contributed by atoms with E-state index in [0.717, 1.165) is 25.7 Å². The fourth-order valence-corrected chi connectivity index (χ4v) is 1.55. The van der Waals surface area contributed by atoms with E-state index in [9.17, 15) is 9.59 Å². The van der Waals surface area contributed by atoms with Gasteiger partial charge in [0, 0.05) is 0 Å². The first-order chi connectivity index (χ1) is 9.56. The maximum atomic E-state index is 11.4. The topological polar surface area (TPSA) is 52.6 Å². The maximum absolute atomic E-state index is 11.4. The Labute approximate surface area is 122 Å². The summed E-state index contributed by atoms with van der Waals surface area (Å²) in [5.41, 5.74) is 0. The number of hydrogen-bond donors (Lipinski definition) is 0. The Morgan fingerprint density at radius 2 is 1.60 bits per heavy atom. The molecule has 0 rings (SSSR count). The lowest BCUT2D eigenvalue weighted by atomic mass is 10.1. The van der Waals surface area contributed by atoms with Crippen molar-refractivity contribution in [2.45, 2.75) is 59.3 Å². The molecule has 0 aromatic heterocycles. The summed E-state index contributed by atoms with van der Waals surface area (Å²) in [6.07, 6.45) is 7.83. The second-order valence-electron chi connectivity index (χ2n) is 5.15. The van der Waals surface area contributed by atoms with E-state index in [1.807, 2.05) is 12.2 Å². The minimum Gasteiger partial charge on any atom is -0.466 e. The van der Waals surface area contributed by atoms with Gasteiger partial charge in [-0.1, -0.05) is 32.9 Å². The van der Waals surface area contributed by atoms with Gasteiger partial charge in [0.05, 0.1) is 26.1 Å². The molecule has 0 aromatic rings. The lowest BCUT2D eigenvalue weighted by molar-refractivity contribution is -0.150. The van der Waals surface area contributed by atoms with Gasteiger partial charge in [-0.3, -0.25) is 9.59 Å². The van der Waals surface area contributed by atoms with Gasteiger partial charge in [-0.15, -0.1) is 0 Å². The molecule has 0 saturated heterocycles. The van der Waals surface area contributed by atoms with Crippen molar-refractivity contribution >= 4 is 11.9 Å². The third-order valence-corrected chi connectivity index (χ3v) is 2.67. The summed E-state index contributed by atoms with van der Waals surface area (Å²) in [5, 5.41) is 0. The van der Waals surface area contributed by atoms with Gasteiger partial charge >= 0.3 is 11.9 Å². The number of allylic oxidation sites excluding steroid dienone is 1. The largest absolute Gasteiger partial charge is 0.466 e. The highest BCUT2D eigenvalue weighted by atomic mass is 16.5. The molecule has 0 unspecified atom stereocenters. The summed E-state index contributed by atoms with van der Waals surface area (Å²) in [7, 11) is 0. The van der Waals surface area contributed by atoms with Crippen LogP contribution in [0.3, 0.4) is 0 Å². The Bertz CT molecular complexity index is 295. The fraction of sp³-hybridized carbons (Fsp3) is 0.750. The highest BCUT2D eigenvalue weighted by Crippen LogP contribution is 2.04. The fourth-order valence-electron chi connectivity index (χ4n) is 1.55. The van der Waals surface area contributed by atoms with E-state index in [4.69, 9.17) is 9.47 Å². The molecule has 0 bridgehead atoms. The van der Waals surface area contributed by atoms with Gasteiger partial charge in [0.15, 0.2) is 0 Å². The molecular weight excluding hydrogens is 256 g/mol. The number of carbonyl (C=O) groups excluding carboxylic acids is 2. The summed E-state index contributed by atoms with van der Waals surface area (Å²) in [6, 6.07) is 0. The zero-order chi connectivity index (χ0) is 15.2. The van der Waals surface area contributed by atoms with E-state index in [1.54, 1.807) is 0 Å². The third-order valence-electron chi connectivity index (χ3n) is 2.67. The van der Waals surface area contributed by atoms with Crippen LogP contribution in [0.5, 0.6) is 0 Å². The van der Waals surface area contributed by atoms with Gasteiger partial charge in [-0.25, -0.2) is 0 Å². The quantitative estimate of drug-likeness (QED) is 0.330. The van der Waals surface area contributed by atoms with Crippen molar-refractivity contribution in [1.82, 2.24) is 0 Å². The molecule has 0 aliphatic heterocycles. The van der Waals surface area contributed by atoms with Crippen molar-refractivity contribution < 1.29 is 19.1 Å². The molecule has 0 radical (unpaired) electrons. The molecule has 0 N–H and O–H groups in total. The van der Waals surface area contributed by atoms with Crippen molar-refractivity contribution in [1.29, 1.82) is 0 Å². The number of ether oxygens (including phenoxy) is 2. The summed E-state index contributed by atoms with van der Waals surface area (Å²) in [4.78, 5) is 22.7. The first-order valence-corrected chi connectivity index (χ1v) is 7.52. The van der Waals surface area contributed by atoms with Crippen LogP contribution in [0.25, 0.3) is 0 Å². The Balaban J connectivity index is 3.48. The van der Waals surface area contributed by atoms with Crippen molar-refractivity contribution in [2.24, 2.45) is 5.92 Å². The third kappa shape index (κ3) is 13.1. The van der Waals surface area contributed by atoms with Crippen LogP contribution in [-0.2, 0) is 19.1 Å². The predicted molar refractivity (Wildman–Crippen MR) is 79.3 cm³/mol. The van der Waals surface area contributed by atoms with Crippen LogP contribution in [0.15, 0.2) is 12.2 Å². The molecule has 4 nitrogen and oxygen atoms in total. The van der Waals surface area contributed by atoms with E-state index in [0.29, 0.717) is 19.1 Å². The number of carbonyl (C=O) groups is 2. The van der Waals surface area contributed by atoms with Crippen LogP contribution in [0, 0.1) is 5.92 Å². The van der Waals surface area contributed by atoms with E-state index >= 15 is 0 Å². The molecule has 0 fully saturated rings. The highest BCUT2D eigenvalue weighted by Gasteiger charge is 2.08. The number of esters is 2. The average Bonchev–Trinajstić information content (AvgIpc) is 2.41. The van der Waals surface area contributed by atoms with Crippen molar-refractivity contribution in [3.8, 4) is 0 Å². The van der Waals surface area contributed by atoms with Crippen molar-refractivity contribution in [3.05, 3.63) is 12.2 Å². The first kappa shape index (κ1) is 18.7. The summed E-state index contributed by atoms with van der Waals surface area (Å²) in [6.45, 7) is 7.13. The van der Waals surface area contributed by atoms with E-state index in [-0.39, 0.29) is 24.8 Å². The predicted octanol–water partition coefficient (Wildman–Crippen LogP) is 3.65. The molecule has 0 atom stereocenters. The standard InChI is InChI=1S/C16H28O4/c1-4-5-6-7-12-19-15(17)10-11-16(18)20-13-8-9-14(2)3/h5-6,14H,4,7-13H2,1-3H3/b6-5-. The SMILES string of the molecule is CC/C=C\CCOC(=O)CCC(=O)OCCCC(C)C. The Morgan fingerprint density at radius 1 is 1.00 bits per heavy atom. The van der Waals surface area contributed by atoms with Gasteiger partial charge in [0.2, 0.25) is 0 Å². The van der Waals surface area contributed by atoms with Gasteiger partial charge in [0.25, 0.3) is 0 Å². The second-order valence-corrected chi connectivity index (χ2v) is 5.15. The lowest BCUT2D eigenvalue weighted by Gasteiger charge is -2.06. The molecule has 0 spiro atoms. The smallest absolute Gasteiger partial charge is 0.306 e. The van der Waals surface area contributed by atoms with Gasteiger partial charge in [-0.2, -0.15) is 0 Å². The van der Waals surface area contributed by atoms with Crippen LogP contribution in [-0.4, -0.2) is 25.2 Å². The molecule has 116 valence electrons. The molecule has 0 saturated carbocycles. The second kappa shape index (κ2) is 12.7. The summed E-state index contributed by atoms with van der Waals surface area (Å²) in [5.74, 6) is -0.0453. The van der Waals surface area contributed by atoms with E-state index in [2.05, 4.69) is 20.8 Å². The normalized spacial score (nSPS) is 11.0. The van der Waals surface area contributed by atoms with Crippen LogP contribution < -0.4 is 0 Å². The van der Waals surface area contributed by atoms with Crippen LogP contribution in [0.2, 0.25) is 0 Å². The zero-order valence-corrected chi connectivity index (χ0v) is 13.0. The number of hydrogen-bond acceptors (Lipinski definition) is 4. The molecule has 0 amide bonds. The molecule has 0 heterocycles. The monoisotopic (exact) mass is 284 g/mol. The molecule has 0 aromatic carbocycles. The van der Waals surface area contributed by atoms with Crippen molar-refractivity contribution in [2.75, 3.05) is 13.2 Å². The van der Waals surface area contributed by atoms with Gasteiger partial charge in [-0.05, 0) is 31.6 Å². The molecular formula is C16H28O4. The Morgan fingerprint density at radius 3 is 2.15 bits per heavy atom. The van der Waals surface area contributed by atoms with E-state index < -0.39 is 0 Å². The summed E-state index contributed by atoms with van der Waals surface area (Å²) >= 11 is 0. The molecule has 0 aliphatic rings. The van der Waals surface area contributed by atoms with Crippen LogP contribution in [0.4, 0.5) is 0 Å². The molecule has 20 heavy (non-hydrogen) atoms. The van der Waals surface area contributed by atoms with E-state index in [1.165, 1.54) is 0 Å². The van der Waals surface area contributed by atoms with Crippen LogP contribution in [0.1, 0.15) is 59.3 Å². The van der Waals surface area contributed by atoms with Gasteiger partial charge < -0.3 is 9.47 Å². The lowest BCUT2D eigenvalue weighted by Crippen LogP contribution is -2.11. The van der Waals surface area contributed by atoms with Gasteiger partial charge in [0.1, 0.15) is 0 Å². The zero-order valence-electron chi connectivity index (χ0n) is 13.0. The minimum atomic E-state index is -0.339. The highest BCUT2D eigenvalue weighted by molar-refractivity contribution is 5.77. The van der Waals surface area contributed by atoms with Crippen molar-refractivity contribution in [3.63, 3.8) is 0 Å². The first-order valence-electron chi connectivity index (χ1n) is 7.52. The summed E-state index contributed by atoms with van der Waals surface area (Å²) < 4.78 is 10.0.